The molecule has 0 saturated heterocycles. The van der Waals surface area contributed by atoms with Gasteiger partial charge in [-0.3, -0.25) is 13.9 Å². The molecule has 0 radical (unpaired) electrons. The minimum absolute atomic E-state index is 0.118. The number of nitrogens with zero attached hydrogens (tertiary/aromatic N) is 2. The van der Waals surface area contributed by atoms with Crippen molar-refractivity contribution < 1.29 is 22.7 Å². The quantitative estimate of drug-likeness (QED) is 0.556. The molecule has 1 aliphatic carbocycles. The first-order valence-corrected chi connectivity index (χ1v) is 13.3. The molecule has 0 aromatic heterocycles. The maximum Gasteiger partial charge on any atom is 0.244 e. The van der Waals surface area contributed by atoms with Gasteiger partial charge >= 0.3 is 0 Å². The monoisotopic (exact) mass is 487 g/mol. The lowest BCUT2D eigenvalue weighted by molar-refractivity contribution is -0.139. The second kappa shape index (κ2) is 11.4. The van der Waals surface area contributed by atoms with E-state index in [0.717, 1.165) is 41.8 Å². The summed E-state index contributed by atoms with van der Waals surface area (Å²) < 4.78 is 31.5. The van der Waals surface area contributed by atoms with Gasteiger partial charge < -0.3 is 15.0 Å². The summed E-state index contributed by atoms with van der Waals surface area (Å²) in [7, 11) is -2.29. The van der Waals surface area contributed by atoms with E-state index in [1.807, 2.05) is 30.3 Å². The van der Waals surface area contributed by atoms with Crippen LogP contribution in [0.5, 0.6) is 5.75 Å². The van der Waals surface area contributed by atoms with Gasteiger partial charge in [0, 0.05) is 18.7 Å². The third-order valence-electron chi connectivity index (χ3n) is 6.09. The number of amides is 2. The number of methoxy groups -OCH3 is 1. The van der Waals surface area contributed by atoms with Crippen LogP contribution >= 0.6 is 0 Å². The SMILES string of the molecule is COc1cccc(N(CC(=O)N(Cc2ccccc2)[C@@H](C)C(=O)NC2CCCC2)S(C)(=O)=O)c1. The van der Waals surface area contributed by atoms with Crippen molar-refractivity contribution in [2.45, 2.75) is 51.2 Å². The van der Waals surface area contributed by atoms with Crippen LogP contribution in [0.3, 0.4) is 0 Å². The summed E-state index contributed by atoms with van der Waals surface area (Å²) in [4.78, 5) is 28.0. The molecule has 34 heavy (non-hydrogen) atoms. The summed E-state index contributed by atoms with van der Waals surface area (Å²) in [6.45, 7) is 1.44. The Morgan fingerprint density at radius 2 is 1.76 bits per heavy atom. The molecular weight excluding hydrogens is 454 g/mol. The molecule has 0 unspecified atom stereocenters. The van der Waals surface area contributed by atoms with E-state index in [4.69, 9.17) is 4.74 Å². The zero-order valence-electron chi connectivity index (χ0n) is 19.9. The molecule has 8 nitrogen and oxygen atoms in total. The molecule has 184 valence electrons. The lowest BCUT2D eigenvalue weighted by atomic mass is 10.1. The number of anilines is 1. The van der Waals surface area contributed by atoms with Crippen LogP contribution in [-0.4, -0.2) is 57.1 Å². The van der Waals surface area contributed by atoms with Gasteiger partial charge in [0.05, 0.1) is 19.1 Å². The van der Waals surface area contributed by atoms with E-state index < -0.39 is 28.5 Å². The molecule has 0 heterocycles. The number of hydrogen-bond acceptors (Lipinski definition) is 5. The highest BCUT2D eigenvalue weighted by atomic mass is 32.2. The van der Waals surface area contributed by atoms with E-state index in [-0.39, 0.29) is 18.5 Å². The summed E-state index contributed by atoms with van der Waals surface area (Å²) in [5.41, 5.74) is 1.17. The summed E-state index contributed by atoms with van der Waals surface area (Å²) in [5.74, 6) is -0.223. The highest BCUT2D eigenvalue weighted by Crippen LogP contribution is 2.24. The van der Waals surface area contributed by atoms with Gasteiger partial charge in [-0.2, -0.15) is 0 Å². The zero-order valence-corrected chi connectivity index (χ0v) is 20.8. The average Bonchev–Trinajstić information content (AvgIpc) is 3.33. The number of carbonyl (C=O) groups is 2. The highest BCUT2D eigenvalue weighted by molar-refractivity contribution is 7.92. The van der Waals surface area contributed by atoms with Crippen LogP contribution in [0.4, 0.5) is 5.69 Å². The van der Waals surface area contributed by atoms with Crippen molar-refractivity contribution >= 4 is 27.5 Å². The largest absolute Gasteiger partial charge is 0.497 e. The number of sulfonamides is 1. The minimum atomic E-state index is -3.78. The maximum atomic E-state index is 13.5. The molecule has 1 saturated carbocycles. The second-order valence-corrected chi connectivity index (χ2v) is 10.6. The van der Waals surface area contributed by atoms with Crippen molar-refractivity contribution in [3.63, 3.8) is 0 Å². The Balaban J connectivity index is 1.86. The van der Waals surface area contributed by atoms with Gasteiger partial charge in [0.1, 0.15) is 18.3 Å². The lowest BCUT2D eigenvalue weighted by Crippen LogP contribution is -2.52. The molecule has 9 heteroatoms. The van der Waals surface area contributed by atoms with Crippen LogP contribution in [-0.2, 0) is 26.2 Å². The van der Waals surface area contributed by atoms with Gasteiger partial charge in [-0.15, -0.1) is 0 Å². The number of carbonyl (C=O) groups excluding carboxylic acids is 2. The zero-order chi connectivity index (χ0) is 24.7. The third-order valence-corrected chi connectivity index (χ3v) is 7.23. The van der Waals surface area contributed by atoms with Gasteiger partial charge in [0.15, 0.2) is 0 Å². The van der Waals surface area contributed by atoms with Gasteiger partial charge in [-0.05, 0) is 37.5 Å². The normalized spacial score (nSPS) is 14.9. The Hall–Kier alpha value is -3.07. The van der Waals surface area contributed by atoms with Gasteiger partial charge in [0.25, 0.3) is 0 Å². The number of benzene rings is 2. The molecule has 2 aromatic carbocycles. The number of ether oxygens (including phenoxy) is 1. The molecule has 1 atom stereocenters. The summed E-state index contributed by atoms with van der Waals surface area (Å²) in [5, 5.41) is 3.05. The topological polar surface area (TPSA) is 96.0 Å². The Morgan fingerprint density at radius 1 is 1.09 bits per heavy atom. The molecule has 2 aromatic rings. The summed E-state index contributed by atoms with van der Waals surface area (Å²) in [6.07, 6.45) is 5.08. The van der Waals surface area contributed by atoms with E-state index in [2.05, 4.69) is 5.32 Å². The van der Waals surface area contributed by atoms with Crippen LogP contribution in [0.2, 0.25) is 0 Å². The smallest absolute Gasteiger partial charge is 0.244 e. The van der Waals surface area contributed by atoms with Crippen molar-refractivity contribution in [3.05, 3.63) is 60.2 Å². The van der Waals surface area contributed by atoms with E-state index in [1.165, 1.54) is 12.0 Å². The van der Waals surface area contributed by atoms with E-state index in [1.54, 1.807) is 31.2 Å². The lowest BCUT2D eigenvalue weighted by Gasteiger charge is -2.32. The Labute approximate surface area is 201 Å². The van der Waals surface area contributed by atoms with Crippen LogP contribution in [0.1, 0.15) is 38.2 Å². The fraction of sp³-hybridized carbons (Fsp3) is 0.440. The Morgan fingerprint density at radius 3 is 2.38 bits per heavy atom. The molecule has 2 amide bonds. The van der Waals surface area contributed by atoms with E-state index in [9.17, 15) is 18.0 Å². The van der Waals surface area contributed by atoms with Crippen molar-refractivity contribution in [2.75, 3.05) is 24.2 Å². The van der Waals surface area contributed by atoms with Crippen molar-refractivity contribution in [3.8, 4) is 5.75 Å². The first-order valence-electron chi connectivity index (χ1n) is 11.4. The molecular formula is C25H33N3O5S. The minimum Gasteiger partial charge on any atom is -0.497 e. The molecule has 3 rings (SSSR count). The van der Waals surface area contributed by atoms with Crippen molar-refractivity contribution in [1.82, 2.24) is 10.2 Å². The van der Waals surface area contributed by atoms with Gasteiger partial charge in [0.2, 0.25) is 21.8 Å². The van der Waals surface area contributed by atoms with Crippen molar-refractivity contribution in [2.24, 2.45) is 0 Å². The third kappa shape index (κ3) is 6.72. The first-order chi connectivity index (χ1) is 16.2. The highest BCUT2D eigenvalue weighted by Gasteiger charge is 2.31. The summed E-state index contributed by atoms with van der Waals surface area (Å²) in [6, 6.07) is 15.2. The fourth-order valence-electron chi connectivity index (χ4n) is 4.13. The standard InChI is InChI=1S/C25H33N3O5S/c1-19(25(30)26-21-12-7-8-13-21)27(17-20-10-5-4-6-11-20)24(29)18-28(34(3,31)32)22-14-9-15-23(16-22)33-2/h4-6,9-11,14-16,19,21H,7-8,12-13,17-18H2,1-3H3,(H,26,30)/t19-/m0/s1. The fourth-order valence-corrected chi connectivity index (χ4v) is 4.98. The van der Waals surface area contributed by atoms with Gasteiger partial charge in [-0.25, -0.2) is 8.42 Å². The Bertz CT molecular complexity index is 1080. The van der Waals surface area contributed by atoms with Crippen LogP contribution in [0.25, 0.3) is 0 Å². The van der Waals surface area contributed by atoms with Crippen LogP contribution in [0, 0.1) is 0 Å². The number of hydrogen-bond donors (Lipinski definition) is 1. The molecule has 1 fully saturated rings. The molecule has 0 bridgehead atoms. The summed E-state index contributed by atoms with van der Waals surface area (Å²) >= 11 is 0. The van der Waals surface area contributed by atoms with E-state index in [0.29, 0.717) is 11.4 Å². The predicted molar refractivity (Wildman–Crippen MR) is 132 cm³/mol. The van der Waals surface area contributed by atoms with Crippen molar-refractivity contribution in [1.29, 1.82) is 0 Å². The molecule has 1 aliphatic rings. The maximum absolute atomic E-state index is 13.5. The predicted octanol–water partition coefficient (Wildman–Crippen LogP) is 2.94. The molecule has 0 spiro atoms. The number of nitrogens with one attached hydrogen (secondary N) is 1. The average molecular weight is 488 g/mol. The van der Waals surface area contributed by atoms with Crippen LogP contribution < -0.4 is 14.4 Å². The van der Waals surface area contributed by atoms with Crippen LogP contribution in [0.15, 0.2) is 54.6 Å². The molecule has 1 N–H and O–H groups in total. The second-order valence-electron chi connectivity index (χ2n) is 8.64. The molecule has 0 aliphatic heterocycles. The van der Waals surface area contributed by atoms with Gasteiger partial charge in [-0.1, -0.05) is 49.2 Å². The van der Waals surface area contributed by atoms with E-state index >= 15 is 0 Å². The number of rotatable bonds is 10. The Kier molecular flexibility index (Phi) is 8.55. The first kappa shape index (κ1) is 25.6.